The Morgan fingerprint density at radius 3 is 2.30 bits per heavy atom. The minimum Gasteiger partial charge on any atom is -0.454 e. The lowest BCUT2D eigenvalue weighted by Gasteiger charge is -2.28. The summed E-state index contributed by atoms with van der Waals surface area (Å²) < 4.78 is 27.4. The molecule has 1 N–H and O–H groups in total. The number of anilines is 2. The highest BCUT2D eigenvalue weighted by molar-refractivity contribution is 6.72. The van der Waals surface area contributed by atoms with Gasteiger partial charge in [0.25, 0.3) is 5.91 Å². The number of aliphatic hydroxyl groups excluding tert-OH is 1. The van der Waals surface area contributed by atoms with Crippen molar-refractivity contribution in [3.63, 3.8) is 0 Å². The third kappa shape index (κ3) is 5.08. The van der Waals surface area contributed by atoms with Gasteiger partial charge in [-0.25, -0.2) is 0 Å². The van der Waals surface area contributed by atoms with E-state index in [1.54, 1.807) is 24.1 Å². The molecule has 0 unspecified atom stereocenters. The minimum atomic E-state index is -2.91. The number of nitrogens with zero attached hydrogens (tertiary/aromatic N) is 1. The lowest BCUT2D eigenvalue weighted by atomic mass is 9.95. The smallest absolute Gasteiger partial charge is 0.266 e. The highest BCUT2D eigenvalue weighted by Crippen LogP contribution is 2.47. The van der Waals surface area contributed by atoms with Crippen LogP contribution in [0.25, 0.3) is 0 Å². The van der Waals surface area contributed by atoms with E-state index in [2.05, 4.69) is 6.92 Å². The molecule has 5 rings (SSSR count). The molecule has 1 fully saturated rings. The molecular formula is C30H34FNO4Si. The number of rotatable bonds is 7. The predicted molar refractivity (Wildman–Crippen MR) is 146 cm³/mol. The highest BCUT2D eigenvalue weighted by atomic mass is 28.4. The van der Waals surface area contributed by atoms with E-state index >= 15 is 4.11 Å². The Balaban J connectivity index is 1.34. The lowest BCUT2D eigenvalue weighted by molar-refractivity contribution is 0.0193. The molecular weight excluding hydrogens is 485 g/mol. The second kappa shape index (κ2) is 10.4. The molecule has 3 aromatic carbocycles. The third-order valence-corrected chi connectivity index (χ3v) is 10.2. The number of hydrogen-bond donors (Lipinski definition) is 1. The Bertz CT molecular complexity index is 1260. The summed E-state index contributed by atoms with van der Waals surface area (Å²) in [6, 6.07) is 22.9. The summed E-state index contributed by atoms with van der Waals surface area (Å²) in [4.78, 5) is 15.3. The number of carbonyl (C=O) groups is 1. The van der Waals surface area contributed by atoms with E-state index in [1.807, 2.05) is 66.7 Å². The molecule has 2 aliphatic rings. The molecule has 0 bridgehead atoms. The molecule has 0 aromatic heterocycles. The van der Waals surface area contributed by atoms with Gasteiger partial charge in [-0.3, -0.25) is 9.69 Å². The van der Waals surface area contributed by atoms with Crippen LogP contribution in [0.2, 0.25) is 18.6 Å². The van der Waals surface area contributed by atoms with Crippen LogP contribution < -0.4 is 9.64 Å². The summed E-state index contributed by atoms with van der Waals surface area (Å²) in [6.07, 6.45) is 1.82. The highest BCUT2D eigenvalue weighted by Gasteiger charge is 2.50. The number of aliphatic hydroxyl groups is 1. The minimum absolute atomic E-state index is 0.0143. The summed E-state index contributed by atoms with van der Waals surface area (Å²) in [7, 11) is -2.91. The van der Waals surface area contributed by atoms with Crippen LogP contribution >= 0.6 is 0 Å². The molecule has 0 aliphatic carbocycles. The number of para-hydroxylation sites is 3. The first-order valence-corrected chi connectivity index (χ1v) is 16.0. The van der Waals surface area contributed by atoms with Crippen LogP contribution in [0.15, 0.2) is 72.8 Å². The fourth-order valence-electron chi connectivity index (χ4n) is 5.96. The van der Waals surface area contributed by atoms with Gasteiger partial charge in [-0.05, 0) is 80.2 Å². The van der Waals surface area contributed by atoms with E-state index < -0.39 is 8.41 Å². The van der Waals surface area contributed by atoms with Crippen LogP contribution in [-0.4, -0.2) is 38.2 Å². The summed E-state index contributed by atoms with van der Waals surface area (Å²) in [6.45, 7) is 5.59. The maximum Gasteiger partial charge on any atom is 0.266 e. The molecule has 194 valence electrons. The first-order chi connectivity index (χ1) is 17.8. The first-order valence-electron chi connectivity index (χ1n) is 13.0. The van der Waals surface area contributed by atoms with Crippen LogP contribution in [0.5, 0.6) is 11.5 Å². The molecule has 1 saturated heterocycles. The number of aryl methyl sites for hydroxylation is 1. The molecule has 2 aliphatic heterocycles. The van der Waals surface area contributed by atoms with Crippen LogP contribution in [0.3, 0.4) is 0 Å². The van der Waals surface area contributed by atoms with Crippen molar-refractivity contribution in [3.8, 4) is 11.5 Å². The quantitative estimate of drug-likeness (QED) is 0.269. The average molecular weight is 520 g/mol. The van der Waals surface area contributed by atoms with Gasteiger partial charge in [-0.1, -0.05) is 43.3 Å². The van der Waals surface area contributed by atoms with Crippen LogP contribution in [-0.2, 0) is 11.2 Å². The van der Waals surface area contributed by atoms with E-state index in [1.165, 1.54) is 0 Å². The van der Waals surface area contributed by atoms with Crippen molar-refractivity contribution in [1.29, 1.82) is 0 Å². The number of halogens is 1. The van der Waals surface area contributed by atoms with E-state index in [0.717, 1.165) is 24.1 Å². The van der Waals surface area contributed by atoms with Crippen molar-refractivity contribution in [2.24, 2.45) is 5.92 Å². The molecule has 37 heavy (non-hydrogen) atoms. The van der Waals surface area contributed by atoms with Crippen molar-refractivity contribution in [1.82, 2.24) is 0 Å². The Labute approximate surface area is 219 Å². The van der Waals surface area contributed by atoms with Gasteiger partial charge in [0.15, 0.2) is 5.75 Å². The summed E-state index contributed by atoms with van der Waals surface area (Å²) in [5.74, 6) is 1.15. The van der Waals surface area contributed by atoms with Gasteiger partial charge in [0, 0.05) is 17.8 Å². The molecule has 7 heteroatoms. The van der Waals surface area contributed by atoms with Gasteiger partial charge < -0.3 is 18.7 Å². The second-order valence-electron chi connectivity index (χ2n) is 10.6. The first kappa shape index (κ1) is 25.6. The Morgan fingerprint density at radius 1 is 0.919 bits per heavy atom. The topological polar surface area (TPSA) is 59.0 Å². The number of benzene rings is 3. The monoisotopic (exact) mass is 519 g/mol. The van der Waals surface area contributed by atoms with Crippen LogP contribution in [0.4, 0.5) is 15.5 Å². The zero-order valence-corrected chi connectivity index (χ0v) is 22.6. The molecule has 4 atom stereocenters. The van der Waals surface area contributed by atoms with E-state index in [4.69, 9.17) is 9.47 Å². The maximum absolute atomic E-state index is 15.1. The fourth-order valence-corrected chi connectivity index (χ4v) is 8.56. The maximum atomic E-state index is 15.1. The molecule has 2 heterocycles. The van der Waals surface area contributed by atoms with Crippen molar-refractivity contribution >= 4 is 25.7 Å². The second-order valence-corrected chi connectivity index (χ2v) is 14.4. The molecule has 3 aromatic rings. The summed E-state index contributed by atoms with van der Waals surface area (Å²) in [5.41, 5.74) is 3.00. The normalized spacial score (nSPS) is 23.3. The molecule has 0 saturated carbocycles. The predicted octanol–water partition coefficient (Wildman–Crippen LogP) is 7.03. The summed E-state index contributed by atoms with van der Waals surface area (Å²) >= 11 is 0. The van der Waals surface area contributed by atoms with Gasteiger partial charge >= 0.3 is 0 Å². The van der Waals surface area contributed by atoms with Crippen molar-refractivity contribution in [3.05, 3.63) is 83.9 Å². The van der Waals surface area contributed by atoms with Crippen LogP contribution in [0.1, 0.15) is 35.7 Å². The SMILES string of the molecule is C[C@@H]1[C@@H]([Si](C)(C)F)[C@H](CCO)O[C@@H]1CCc1ccc(N2C(=O)c3ccccc3Oc3ccccc32)cc1. The standard InChI is InChI=1S/C30H34FNO4Si/c1-20-25(35-28(18-19-33)29(20)37(2,3)31)17-14-21-12-15-22(16-13-21)32-24-9-5-7-11-27(24)36-26-10-6-4-8-23(26)30(32)34/h4-13,15-16,20,25,28-29,33H,14,17-19H2,1-3H3/t20-,25+,28-,29+/m0/s1. The van der Waals surface area contributed by atoms with Gasteiger partial charge in [0.1, 0.15) is 5.75 Å². The lowest BCUT2D eigenvalue weighted by Crippen LogP contribution is -2.36. The molecule has 0 spiro atoms. The average Bonchev–Trinajstić information content (AvgIpc) is 3.13. The Kier molecular flexibility index (Phi) is 7.21. The van der Waals surface area contributed by atoms with Crippen molar-refractivity contribution < 1.29 is 23.5 Å². The number of amides is 1. The summed E-state index contributed by atoms with van der Waals surface area (Å²) in [5, 5.41) is 9.45. The molecule has 0 radical (unpaired) electrons. The van der Waals surface area contributed by atoms with Crippen molar-refractivity contribution in [2.45, 2.75) is 57.0 Å². The van der Waals surface area contributed by atoms with Crippen molar-refractivity contribution in [2.75, 3.05) is 11.5 Å². The molecule has 1 amide bonds. The van der Waals surface area contributed by atoms with Gasteiger partial charge in [-0.15, -0.1) is 0 Å². The van der Waals surface area contributed by atoms with Gasteiger partial charge in [0.05, 0.1) is 23.5 Å². The number of ether oxygens (including phenoxy) is 2. The van der Waals surface area contributed by atoms with Crippen LogP contribution in [0, 0.1) is 5.92 Å². The Hall–Kier alpha value is -3.00. The Morgan fingerprint density at radius 2 is 1.59 bits per heavy atom. The van der Waals surface area contributed by atoms with Gasteiger partial charge in [0.2, 0.25) is 8.41 Å². The fraction of sp³-hybridized carbons (Fsp3) is 0.367. The van der Waals surface area contributed by atoms with E-state index in [0.29, 0.717) is 29.2 Å². The largest absolute Gasteiger partial charge is 0.454 e. The van der Waals surface area contributed by atoms with Gasteiger partial charge in [-0.2, -0.15) is 0 Å². The zero-order chi connectivity index (χ0) is 26.2. The number of hydrogen-bond acceptors (Lipinski definition) is 4. The number of carbonyl (C=O) groups excluding carboxylic acids is 1. The van der Waals surface area contributed by atoms with E-state index in [-0.39, 0.29) is 36.2 Å². The zero-order valence-electron chi connectivity index (χ0n) is 21.6. The third-order valence-electron chi connectivity index (χ3n) is 7.67. The number of fused-ring (bicyclic) bond motifs is 2. The molecule has 5 nitrogen and oxygen atoms in total. The van der Waals surface area contributed by atoms with E-state index in [9.17, 15) is 9.90 Å².